The molecule has 0 saturated carbocycles. The number of aliphatic imine (C=N–C) groups is 1. The highest BCUT2D eigenvalue weighted by atomic mass is 127. The van der Waals surface area contributed by atoms with E-state index in [2.05, 4.69) is 36.1 Å². The number of aromatic nitrogens is 1. The van der Waals surface area contributed by atoms with Crippen molar-refractivity contribution in [1.29, 1.82) is 0 Å². The van der Waals surface area contributed by atoms with Gasteiger partial charge in [-0.1, -0.05) is 13.0 Å². The SMILES string of the molecule is CCCOc1ncccc1CN=C(NCC)N(C)CC1CCOC1.I. The van der Waals surface area contributed by atoms with E-state index in [1.165, 1.54) is 0 Å². The molecule has 0 aromatic carbocycles. The van der Waals surface area contributed by atoms with E-state index in [-0.39, 0.29) is 24.0 Å². The maximum atomic E-state index is 5.72. The molecule has 0 bridgehead atoms. The van der Waals surface area contributed by atoms with Crippen LogP contribution < -0.4 is 10.1 Å². The van der Waals surface area contributed by atoms with Crippen molar-refractivity contribution in [2.75, 3.05) is 40.0 Å². The van der Waals surface area contributed by atoms with Gasteiger partial charge in [-0.25, -0.2) is 9.98 Å². The Morgan fingerprint density at radius 1 is 1.48 bits per heavy atom. The molecule has 1 atom stereocenters. The van der Waals surface area contributed by atoms with E-state index in [1.54, 1.807) is 6.20 Å². The van der Waals surface area contributed by atoms with E-state index in [9.17, 15) is 0 Å². The largest absolute Gasteiger partial charge is 0.477 e. The van der Waals surface area contributed by atoms with Crippen LogP contribution in [0.3, 0.4) is 0 Å². The van der Waals surface area contributed by atoms with Gasteiger partial charge in [0, 0.05) is 44.4 Å². The van der Waals surface area contributed by atoms with Crippen molar-refractivity contribution in [3.8, 4) is 5.88 Å². The average molecular weight is 462 g/mol. The predicted octanol–water partition coefficient (Wildman–Crippen LogP) is 2.92. The van der Waals surface area contributed by atoms with Gasteiger partial charge in [-0.2, -0.15) is 0 Å². The summed E-state index contributed by atoms with van der Waals surface area (Å²) >= 11 is 0. The Morgan fingerprint density at radius 3 is 3.00 bits per heavy atom. The van der Waals surface area contributed by atoms with Gasteiger partial charge in [0.05, 0.1) is 19.8 Å². The van der Waals surface area contributed by atoms with Crippen molar-refractivity contribution in [2.45, 2.75) is 33.2 Å². The molecule has 25 heavy (non-hydrogen) atoms. The van der Waals surface area contributed by atoms with Crippen LogP contribution >= 0.6 is 24.0 Å². The highest BCUT2D eigenvalue weighted by Gasteiger charge is 2.19. The second kappa shape index (κ2) is 12.3. The number of guanidine groups is 1. The zero-order chi connectivity index (χ0) is 17.2. The molecule has 1 aromatic rings. The predicted molar refractivity (Wildman–Crippen MR) is 112 cm³/mol. The second-order valence-corrected chi connectivity index (χ2v) is 6.10. The zero-order valence-corrected chi connectivity index (χ0v) is 17.9. The van der Waals surface area contributed by atoms with Gasteiger partial charge in [0.15, 0.2) is 5.96 Å². The van der Waals surface area contributed by atoms with Gasteiger partial charge in [0.25, 0.3) is 0 Å². The molecule has 1 fully saturated rings. The maximum absolute atomic E-state index is 5.72. The summed E-state index contributed by atoms with van der Waals surface area (Å²) in [4.78, 5) is 11.3. The molecule has 0 aliphatic carbocycles. The number of ether oxygens (including phenoxy) is 2. The van der Waals surface area contributed by atoms with Crippen molar-refractivity contribution < 1.29 is 9.47 Å². The van der Waals surface area contributed by atoms with E-state index in [4.69, 9.17) is 14.5 Å². The number of rotatable bonds is 8. The molecule has 0 spiro atoms. The molecule has 1 saturated heterocycles. The molecule has 2 heterocycles. The fraction of sp³-hybridized carbons (Fsp3) is 0.667. The minimum atomic E-state index is 0. The van der Waals surface area contributed by atoms with Crippen molar-refractivity contribution >= 4 is 29.9 Å². The average Bonchev–Trinajstić information content (AvgIpc) is 3.10. The number of nitrogens with one attached hydrogen (secondary N) is 1. The summed E-state index contributed by atoms with van der Waals surface area (Å²) in [6.45, 7) is 8.93. The molecular weight excluding hydrogens is 431 g/mol. The zero-order valence-electron chi connectivity index (χ0n) is 15.5. The minimum absolute atomic E-state index is 0. The van der Waals surface area contributed by atoms with E-state index in [1.807, 2.05) is 12.1 Å². The first-order valence-electron chi connectivity index (χ1n) is 8.88. The lowest BCUT2D eigenvalue weighted by Gasteiger charge is -2.24. The van der Waals surface area contributed by atoms with E-state index in [0.29, 0.717) is 24.9 Å². The first-order valence-corrected chi connectivity index (χ1v) is 8.88. The van der Waals surface area contributed by atoms with Gasteiger partial charge in [-0.05, 0) is 25.8 Å². The molecule has 1 unspecified atom stereocenters. The molecule has 1 aliphatic heterocycles. The summed E-state index contributed by atoms with van der Waals surface area (Å²) < 4.78 is 11.2. The third-order valence-corrected chi connectivity index (χ3v) is 3.94. The topological polar surface area (TPSA) is 59.0 Å². The molecule has 7 heteroatoms. The summed E-state index contributed by atoms with van der Waals surface area (Å²) in [6.07, 6.45) is 3.85. The Balaban J connectivity index is 0.00000312. The lowest BCUT2D eigenvalue weighted by molar-refractivity contribution is 0.181. The fourth-order valence-corrected chi connectivity index (χ4v) is 2.70. The smallest absolute Gasteiger partial charge is 0.218 e. The highest BCUT2D eigenvalue weighted by Crippen LogP contribution is 2.16. The van der Waals surface area contributed by atoms with Crippen LogP contribution in [0.25, 0.3) is 0 Å². The van der Waals surface area contributed by atoms with Crippen LogP contribution in [0.1, 0.15) is 32.3 Å². The van der Waals surface area contributed by atoms with Gasteiger partial charge in [0.2, 0.25) is 5.88 Å². The van der Waals surface area contributed by atoms with Gasteiger partial charge < -0.3 is 19.7 Å². The normalized spacial score (nSPS) is 17.1. The van der Waals surface area contributed by atoms with Crippen molar-refractivity contribution in [2.24, 2.45) is 10.9 Å². The van der Waals surface area contributed by atoms with Gasteiger partial charge in [-0.15, -0.1) is 24.0 Å². The fourth-order valence-electron chi connectivity index (χ4n) is 2.70. The molecule has 142 valence electrons. The van der Waals surface area contributed by atoms with E-state index >= 15 is 0 Å². The van der Waals surface area contributed by atoms with Crippen LogP contribution in [0.15, 0.2) is 23.3 Å². The Kier molecular flexibility index (Phi) is 10.8. The Morgan fingerprint density at radius 2 is 2.32 bits per heavy atom. The Labute approximate surface area is 168 Å². The lowest BCUT2D eigenvalue weighted by atomic mass is 10.1. The monoisotopic (exact) mass is 462 g/mol. The van der Waals surface area contributed by atoms with Gasteiger partial charge in [-0.3, -0.25) is 0 Å². The molecule has 0 amide bonds. The van der Waals surface area contributed by atoms with E-state index in [0.717, 1.165) is 50.7 Å². The summed E-state index contributed by atoms with van der Waals surface area (Å²) in [5.74, 6) is 2.18. The Hall–Kier alpha value is -1.09. The summed E-state index contributed by atoms with van der Waals surface area (Å²) in [7, 11) is 2.08. The van der Waals surface area contributed by atoms with Crippen LogP contribution in [0, 0.1) is 5.92 Å². The molecular formula is C18H31IN4O2. The number of hydrogen-bond donors (Lipinski definition) is 1. The third-order valence-electron chi connectivity index (χ3n) is 3.94. The second-order valence-electron chi connectivity index (χ2n) is 6.10. The van der Waals surface area contributed by atoms with Crippen LogP contribution in [-0.4, -0.2) is 55.8 Å². The minimum Gasteiger partial charge on any atom is -0.477 e. The lowest BCUT2D eigenvalue weighted by Crippen LogP contribution is -2.41. The van der Waals surface area contributed by atoms with Gasteiger partial charge >= 0.3 is 0 Å². The first-order chi connectivity index (χ1) is 11.7. The highest BCUT2D eigenvalue weighted by molar-refractivity contribution is 14.0. The maximum Gasteiger partial charge on any atom is 0.218 e. The quantitative estimate of drug-likeness (QED) is 0.366. The molecule has 1 aromatic heterocycles. The molecule has 1 aliphatic rings. The van der Waals surface area contributed by atoms with Crippen molar-refractivity contribution in [3.63, 3.8) is 0 Å². The standard InChI is InChI=1S/C18H30N4O2.HI/c1-4-10-24-17-16(7-6-9-20-17)12-21-18(19-5-2)22(3)13-15-8-11-23-14-15;/h6-7,9,15H,4-5,8,10-14H2,1-3H3,(H,19,21);1H. The van der Waals surface area contributed by atoms with Gasteiger partial charge in [0.1, 0.15) is 0 Å². The van der Waals surface area contributed by atoms with Crippen LogP contribution in [0.4, 0.5) is 0 Å². The number of nitrogens with zero attached hydrogens (tertiary/aromatic N) is 3. The number of pyridine rings is 1. The third kappa shape index (κ3) is 7.35. The van der Waals surface area contributed by atoms with E-state index < -0.39 is 0 Å². The molecule has 0 radical (unpaired) electrons. The Bertz CT molecular complexity index is 522. The summed E-state index contributed by atoms with van der Waals surface area (Å²) in [6, 6.07) is 3.95. The summed E-state index contributed by atoms with van der Waals surface area (Å²) in [5, 5.41) is 3.36. The van der Waals surface area contributed by atoms with Crippen LogP contribution in [0.5, 0.6) is 5.88 Å². The number of halogens is 1. The molecule has 6 nitrogen and oxygen atoms in total. The molecule has 1 N–H and O–H groups in total. The van der Waals surface area contributed by atoms with Crippen LogP contribution in [-0.2, 0) is 11.3 Å². The summed E-state index contributed by atoms with van der Waals surface area (Å²) in [5.41, 5.74) is 1.01. The van der Waals surface area contributed by atoms with Crippen LogP contribution in [0.2, 0.25) is 0 Å². The first kappa shape index (κ1) is 22.0. The van der Waals surface area contributed by atoms with Crippen molar-refractivity contribution in [3.05, 3.63) is 23.9 Å². The molecule has 2 rings (SSSR count). The number of hydrogen-bond acceptors (Lipinski definition) is 4. The van der Waals surface area contributed by atoms with Crippen molar-refractivity contribution in [1.82, 2.24) is 15.2 Å².